The van der Waals surface area contributed by atoms with Gasteiger partial charge in [0.15, 0.2) is 0 Å². The van der Waals surface area contributed by atoms with Crippen LogP contribution in [0.4, 0.5) is 5.95 Å². The average Bonchev–Trinajstić information content (AvgIpc) is 2.96. The zero-order valence-corrected chi connectivity index (χ0v) is 14.9. The molecule has 4 rings (SSSR count). The van der Waals surface area contributed by atoms with E-state index in [4.69, 9.17) is 9.97 Å². The van der Waals surface area contributed by atoms with E-state index in [9.17, 15) is 5.11 Å². The molecule has 1 aromatic carbocycles. The molecule has 6 heteroatoms. The molecule has 3 heterocycles. The van der Waals surface area contributed by atoms with E-state index >= 15 is 0 Å². The lowest BCUT2D eigenvalue weighted by Crippen LogP contribution is -2.31. The largest absolute Gasteiger partial charge is 0.508 e. The van der Waals surface area contributed by atoms with Crippen LogP contribution in [0.15, 0.2) is 34.1 Å². The molecular weight excluding hydrogens is 374 g/mol. The van der Waals surface area contributed by atoms with Crippen molar-refractivity contribution in [1.29, 1.82) is 0 Å². The van der Waals surface area contributed by atoms with Gasteiger partial charge in [-0.25, -0.2) is 9.97 Å². The number of thiophene rings is 1. The van der Waals surface area contributed by atoms with Crippen LogP contribution in [-0.2, 0) is 0 Å². The Hall–Kier alpha value is -1.66. The van der Waals surface area contributed by atoms with Gasteiger partial charge in [-0.3, -0.25) is 0 Å². The van der Waals surface area contributed by atoms with Crippen molar-refractivity contribution in [3.8, 4) is 17.0 Å². The summed E-state index contributed by atoms with van der Waals surface area (Å²) in [5.74, 6) is 1.04. The highest BCUT2D eigenvalue weighted by molar-refractivity contribution is 9.10. The Labute approximate surface area is 146 Å². The van der Waals surface area contributed by atoms with Gasteiger partial charge in [-0.15, -0.1) is 11.3 Å². The van der Waals surface area contributed by atoms with Crippen LogP contribution >= 0.6 is 27.3 Å². The molecule has 23 heavy (non-hydrogen) atoms. The predicted molar refractivity (Wildman–Crippen MR) is 98.3 cm³/mol. The quantitative estimate of drug-likeness (QED) is 0.682. The number of rotatable bonds is 2. The van der Waals surface area contributed by atoms with E-state index in [0.29, 0.717) is 0 Å². The maximum atomic E-state index is 9.81. The first-order chi connectivity index (χ1) is 11.2. The normalized spacial score (nSPS) is 15.3. The van der Waals surface area contributed by atoms with Gasteiger partial charge in [-0.1, -0.05) is 12.1 Å². The minimum Gasteiger partial charge on any atom is -0.508 e. The maximum absolute atomic E-state index is 9.81. The van der Waals surface area contributed by atoms with Crippen molar-refractivity contribution in [3.63, 3.8) is 0 Å². The second-order valence-corrected chi connectivity index (χ2v) is 7.47. The summed E-state index contributed by atoms with van der Waals surface area (Å²) in [6, 6.07) is 7.27. The SMILES string of the molecule is Oc1cccc(-c2nc(N3CCCCC3)nc3c(Br)csc23)c1. The van der Waals surface area contributed by atoms with Crippen LogP contribution in [0.25, 0.3) is 21.5 Å². The van der Waals surface area contributed by atoms with Crippen LogP contribution in [0.2, 0.25) is 0 Å². The maximum Gasteiger partial charge on any atom is 0.226 e. The number of phenolic OH excluding ortho intramolecular Hbond substituents is 1. The third-order valence-electron chi connectivity index (χ3n) is 4.12. The Kier molecular flexibility index (Phi) is 3.95. The summed E-state index contributed by atoms with van der Waals surface area (Å²) < 4.78 is 2.04. The summed E-state index contributed by atoms with van der Waals surface area (Å²) in [6.45, 7) is 2.01. The van der Waals surface area contributed by atoms with Crippen molar-refractivity contribution in [2.24, 2.45) is 0 Å². The number of fused-ring (bicyclic) bond motifs is 1. The molecule has 0 atom stereocenters. The van der Waals surface area contributed by atoms with Crippen molar-refractivity contribution >= 4 is 43.4 Å². The van der Waals surface area contributed by atoms with Gasteiger partial charge in [-0.05, 0) is 47.3 Å². The molecule has 0 bridgehead atoms. The zero-order chi connectivity index (χ0) is 15.8. The number of anilines is 1. The molecule has 2 aromatic heterocycles. The Morgan fingerprint density at radius 2 is 1.96 bits per heavy atom. The first-order valence-corrected chi connectivity index (χ1v) is 9.39. The molecule has 1 fully saturated rings. The molecule has 0 unspecified atom stereocenters. The van der Waals surface area contributed by atoms with E-state index < -0.39 is 0 Å². The van der Waals surface area contributed by atoms with Gasteiger partial charge in [0.2, 0.25) is 5.95 Å². The van der Waals surface area contributed by atoms with Crippen LogP contribution in [-0.4, -0.2) is 28.2 Å². The molecule has 118 valence electrons. The minimum atomic E-state index is 0.254. The Balaban J connectivity index is 1.91. The fourth-order valence-electron chi connectivity index (χ4n) is 2.96. The smallest absolute Gasteiger partial charge is 0.226 e. The summed E-state index contributed by atoms with van der Waals surface area (Å²) in [6.07, 6.45) is 3.65. The lowest BCUT2D eigenvalue weighted by Gasteiger charge is -2.27. The molecule has 1 aliphatic heterocycles. The van der Waals surface area contributed by atoms with Crippen molar-refractivity contribution < 1.29 is 5.11 Å². The van der Waals surface area contributed by atoms with Crippen molar-refractivity contribution in [1.82, 2.24) is 9.97 Å². The molecule has 0 saturated carbocycles. The van der Waals surface area contributed by atoms with Crippen molar-refractivity contribution in [3.05, 3.63) is 34.1 Å². The minimum absolute atomic E-state index is 0.254. The summed E-state index contributed by atoms with van der Waals surface area (Å²) in [5, 5.41) is 11.9. The number of halogens is 1. The van der Waals surface area contributed by atoms with E-state index in [1.54, 1.807) is 23.5 Å². The molecular formula is C17H16BrN3OS. The van der Waals surface area contributed by atoms with Crippen LogP contribution < -0.4 is 4.90 Å². The number of aromatic hydroxyl groups is 1. The number of hydrogen-bond acceptors (Lipinski definition) is 5. The predicted octanol–water partition coefficient (Wildman–Crippen LogP) is 4.82. The van der Waals surface area contributed by atoms with Gasteiger partial charge in [0.05, 0.1) is 14.9 Å². The van der Waals surface area contributed by atoms with Crippen molar-refractivity contribution in [2.45, 2.75) is 19.3 Å². The van der Waals surface area contributed by atoms with E-state index in [1.165, 1.54) is 19.3 Å². The summed E-state index contributed by atoms with van der Waals surface area (Å²) in [7, 11) is 0. The van der Waals surface area contributed by atoms with Crippen LogP contribution in [0.5, 0.6) is 5.75 Å². The first-order valence-electron chi connectivity index (χ1n) is 7.71. The van der Waals surface area contributed by atoms with E-state index in [-0.39, 0.29) is 5.75 Å². The van der Waals surface area contributed by atoms with E-state index in [1.807, 2.05) is 17.5 Å². The molecule has 0 spiro atoms. The topological polar surface area (TPSA) is 49.3 Å². The highest BCUT2D eigenvalue weighted by atomic mass is 79.9. The third-order valence-corrected chi connectivity index (χ3v) is 6.00. The Bertz CT molecular complexity index is 858. The summed E-state index contributed by atoms with van der Waals surface area (Å²) in [4.78, 5) is 11.9. The molecule has 1 N–H and O–H groups in total. The number of phenols is 1. The number of piperidine rings is 1. The molecule has 1 aliphatic rings. The van der Waals surface area contributed by atoms with Gasteiger partial charge in [0.1, 0.15) is 11.3 Å². The molecule has 0 aliphatic carbocycles. The zero-order valence-electron chi connectivity index (χ0n) is 12.5. The molecule has 1 saturated heterocycles. The lowest BCUT2D eigenvalue weighted by molar-refractivity contribution is 0.475. The fraction of sp³-hybridized carbons (Fsp3) is 0.294. The molecule has 0 amide bonds. The first kappa shape index (κ1) is 14.9. The van der Waals surface area contributed by atoms with Crippen molar-refractivity contribution in [2.75, 3.05) is 18.0 Å². The van der Waals surface area contributed by atoms with Gasteiger partial charge in [0.25, 0.3) is 0 Å². The standard InChI is InChI=1S/C17H16BrN3OS/c18-13-10-23-16-14(11-5-4-6-12(22)9-11)19-17(20-15(13)16)21-7-2-1-3-8-21/h4-6,9-10,22H,1-3,7-8H2. The van der Waals surface area contributed by atoms with E-state index in [2.05, 4.69) is 20.8 Å². The van der Waals surface area contributed by atoms with Crippen LogP contribution in [0, 0.1) is 0 Å². The Morgan fingerprint density at radius 3 is 2.74 bits per heavy atom. The lowest BCUT2D eigenvalue weighted by atomic mass is 10.1. The molecule has 3 aromatic rings. The molecule has 4 nitrogen and oxygen atoms in total. The average molecular weight is 390 g/mol. The summed E-state index contributed by atoms with van der Waals surface area (Å²) >= 11 is 5.22. The third kappa shape index (κ3) is 2.81. The highest BCUT2D eigenvalue weighted by Gasteiger charge is 2.19. The Morgan fingerprint density at radius 1 is 1.13 bits per heavy atom. The number of hydrogen-bond donors (Lipinski definition) is 1. The number of aromatic nitrogens is 2. The second kappa shape index (κ2) is 6.09. The van der Waals surface area contributed by atoms with Gasteiger partial charge in [-0.2, -0.15) is 0 Å². The van der Waals surface area contributed by atoms with Crippen LogP contribution in [0.1, 0.15) is 19.3 Å². The van der Waals surface area contributed by atoms with Gasteiger partial charge >= 0.3 is 0 Å². The summed E-state index contributed by atoms with van der Waals surface area (Å²) in [5.41, 5.74) is 2.76. The van der Waals surface area contributed by atoms with E-state index in [0.717, 1.165) is 45.0 Å². The number of benzene rings is 1. The fourth-order valence-corrected chi connectivity index (χ4v) is 4.54. The van der Waals surface area contributed by atoms with Gasteiger partial charge < -0.3 is 10.0 Å². The number of nitrogens with zero attached hydrogens (tertiary/aromatic N) is 3. The molecule has 0 radical (unpaired) electrons. The monoisotopic (exact) mass is 389 g/mol. The van der Waals surface area contributed by atoms with Gasteiger partial charge in [0, 0.05) is 24.0 Å². The second-order valence-electron chi connectivity index (χ2n) is 5.73. The van der Waals surface area contributed by atoms with Crippen LogP contribution in [0.3, 0.4) is 0 Å². The highest BCUT2D eigenvalue weighted by Crippen LogP contribution is 2.37.